The number of hydrogen-bond acceptors (Lipinski definition) is 6. The predicted molar refractivity (Wildman–Crippen MR) is 123 cm³/mol. The molecule has 1 saturated heterocycles. The van der Waals surface area contributed by atoms with Crippen molar-refractivity contribution < 1.29 is 9.26 Å². The van der Waals surface area contributed by atoms with E-state index in [0.717, 1.165) is 37.5 Å². The second-order valence-corrected chi connectivity index (χ2v) is 8.19. The Morgan fingerprint density at radius 3 is 2.61 bits per heavy atom. The molecule has 0 radical (unpaired) electrons. The van der Waals surface area contributed by atoms with Crippen molar-refractivity contribution in [2.45, 2.75) is 6.61 Å². The monoisotopic (exact) mass is 434 g/mol. The fourth-order valence-corrected chi connectivity index (χ4v) is 3.95. The summed E-state index contributed by atoms with van der Waals surface area (Å²) in [5, 5.41) is 7.10. The van der Waals surface area contributed by atoms with E-state index in [-0.39, 0.29) is 6.61 Å². The average molecular weight is 435 g/mol. The molecule has 0 aliphatic carbocycles. The van der Waals surface area contributed by atoms with Crippen LogP contribution in [0.15, 0.2) is 65.2 Å². The minimum atomic E-state index is 0.211. The molecule has 1 aliphatic rings. The molecule has 0 bridgehead atoms. The number of nitrogens with zero attached hydrogens (tertiary/aromatic N) is 4. The molecule has 4 aromatic rings. The van der Waals surface area contributed by atoms with Crippen LogP contribution in [0, 0.1) is 0 Å². The van der Waals surface area contributed by atoms with Gasteiger partial charge in [0.25, 0.3) is 5.89 Å². The van der Waals surface area contributed by atoms with Gasteiger partial charge in [-0.15, -0.1) is 0 Å². The molecule has 1 fully saturated rings. The van der Waals surface area contributed by atoms with Gasteiger partial charge >= 0.3 is 0 Å². The highest BCUT2D eigenvalue weighted by atomic mass is 35.5. The lowest BCUT2D eigenvalue weighted by Crippen LogP contribution is -2.44. The molecule has 31 heavy (non-hydrogen) atoms. The van der Waals surface area contributed by atoms with Gasteiger partial charge in [-0.25, -0.2) is 0 Å². The van der Waals surface area contributed by atoms with Crippen LogP contribution in [0.4, 0.5) is 5.69 Å². The van der Waals surface area contributed by atoms with Gasteiger partial charge in [-0.3, -0.25) is 0 Å². The van der Waals surface area contributed by atoms with Gasteiger partial charge in [0.15, 0.2) is 6.61 Å². The maximum Gasteiger partial charge on any atom is 0.264 e. The third kappa shape index (κ3) is 4.36. The molecule has 0 amide bonds. The van der Waals surface area contributed by atoms with Crippen molar-refractivity contribution in [2.75, 3.05) is 38.1 Å². The van der Waals surface area contributed by atoms with Crippen molar-refractivity contribution in [1.82, 2.24) is 15.0 Å². The summed E-state index contributed by atoms with van der Waals surface area (Å²) < 4.78 is 11.3. The van der Waals surface area contributed by atoms with Crippen LogP contribution in [0.3, 0.4) is 0 Å². The Morgan fingerprint density at radius 2 is 1.81 bits per heavy atom. The number of likely N-dealkylation sites (N-methyl/N-ethyl adjacent to an activating group) is 1. The maximum atomic E-state index is 5.98. The van der Waals surface area contributed by atoms with Crippen LogP contribution in [0.2, 0.25) is 5.02 Å². The van der Waals surface area contributed by atoms with E-state index in [0.29, 0.717) is 16.7 Å². The lowest BCUT2D eigenvalue weighted by molar-refractivity contribution is 0.243. The van der Waals surface area contributed by atoms with E-state index in [1.807, 2.05) is 18.2 Å². The summed E-state index contributed by atoms with van der Waals surface area (Å²) in [6.07, 6.45) is 0. The van der Waals surface area contributed by atoms with E-state index in [1.165, 1.54) is 16.5 Å². The van der Waals surface area contributed by atoms with Gasteiger partial charge in [-0.05, 0) is 54.9 Å². The fourth-order valence-electron chi connectivity index (χ4n) is 3.82. The number of benzene rings is 3. The van der Waals surface area contributed by atoms with Gasteiger partial charge in [-0.1, -0.05) is 35.0 Å². The second kappa shape index (κ2) is 8.57. The molecule has 0 N–H and O–H groups in total. The zero-order valence-corrected chi connectivity index (χ0v) is 18.0. The molecule has 1 aliphatic heterocycles. The summed E-state index contributed by atoms with van der Waals surface area (Å²) in [5.74, 6) is 1.73. The number of fused-ring (bicyclic) bond motifs is 1. The van der Waals surface area contributed by atoms with E-state index in [4.69, 9.17) is 20.9 Å². The molecule has 0 spiro atoms. The number of anilines is 1. The Morgan fingerprint density at radius 1 is 1.00 bits per heavy atom. The topological polar surface area (TPSA) is 54.6 Å². The largest absolute Gasteiger partial charge is 0.484 e. The smallest absolute Gasteiger partial charge is 0.264 e. The van der Waals surface area contributed by atoms with Crippen LogP contribution < -0.4 is 9.64 Å². The lowest BCUT2D eigenvalue weighted by Gasteiger charge is -2.34. The van der Waals surface area contributed by atoms with Crippen LogP contribution in [-0.4, -0.2) is 48.3 Å². The van der Waals surface area contributed by atoms with Crippen molar-refractivity contribution >= 4 is 28.1 Å². The maximum absolute atomic E-state index is 5.98. The van der Waals surface area contributed by atoms with Crippen molar-refractivity contribution in [3.05, 3.63) is 71.6 Å². The van der Waals surface area contributed by atoms with Gasteiger partial charge < -0.3 is 19.1 Å². The standard InChI is InChI=1S/C24H23ClN4O2/c1-28-11-13-29(14-12-28)22-4-2-3-17-7-10-20(15-21(17)22)30-16-23-26-24(27-31-23)18-5-8-19(25)9-6-18/h2-10,15H,11-14,16H2,1H3. The van der Waals surface area contributed by atoms with E-state index in [9.17, 15) is 0 Å². The van der Waals surface area contributed by atoms with Gasteiger partial charge in [0.1, 0.15) is 5.75 Å². The molecule has 1 aromatic heterocycles. The third-order valence-electron chi connectivity index (χ3n) is 5.61. The first kappa shape index (κ1) is 19.8. The normalized spacial score (nSPS) is 14.8. The predicted octanol–water partition coefficient (Wildman–Crippen LogP) is 4.87. The SMILES string of the molecule is CN1CCN(c2cccc3ccc(OCc4nc(-c5ccc(Cl)cc5)no4)cc23)CC1. The van der Waals surface area contributed by atoms with E-state index < -0.39 is 0 Å². The lowest BCUT2D eigenvalue weighted by atomic mass is 10.1. The molecule has 2 heterocycles. The summed E-state index contributed by atoms with van der Waals surface area (Å²) in [6.45, 7) is 4.40. The Hall–Kier alpha value is -3.09. The molecular weight excluding hydrogens is 412 g/mol. The quantitative estimate of drug-likeness (QED) is 0.446. The van der Waals surface area contributed by atoms with Crippen LogP contribution in [0.5, 0.6) is 5.75 Å². The molecule has 0 unspecified atom stereocenters. The first-order chi connectivity index (χ1) is 15.2. The summed E-state index contributed by atoms with van der Waals surface area (Å²) >= 11 is 5.94. The molecule has 3 aromatic carbocycles. The van der Waals surface area contributed by atoms with E-state index in [1.54, 1.807) is 12.1 Å². The van der Waals surface area contributed by atoms with Crippen molar-refractivity contribution in [3.8, 4) is 17.1 Å². The van der Waals surface area contributed by atoms with Crippen molar-refractivity contribution in [2.24, 2.45) is 0 Å². The van der Waals surface area contributed by atoms with E-state index in [2.05, 4.69) is 57.3 Å². The first-order valence-corrected chi connectivity index (χ1v) is 10.7. The highest BCUT2D eigenvalue weighted by molar-refractivity contribution is 6.30. The Balaban J connectivity index is 1.33. The molecular formula is C24H23ClN4O2. The molecule has 0 atom stereocenters. The Kier molecular flexibility index (Phi) is 5.49. The number of ether oxygens (including phenoxy) is 1. The Bertz CT molecular complexity index is 1180. The number of piperazine rings is 1. The summed E-state index contributed by atoms with van der Waals surface area (Å²) in [4.78, 5) is 9.23. The molecule has 6 nitrogen and oxygen atoms in total. The van der Waals surface area contributed by atoms with Crippen LogP contribution in [-0.2, 0) is 6.61 Å². The first-order valence-electron chi connectivity index (χ1n) is 10.3. The minimum Gasteiger partial charge on any atom is -0.484 e. The molecule has 0 saturated carbocycles. The highest BCUT2D eigenvalue weighted by Gasteiger charge is 2.17. The number of halogens is 1. The molecule has 5 rings (SSSR count). The second-order valence-electron chi connectivity index (χ2n) is 7.76. The van der Waals surface area contributed by atoms with Crippen LogP contribution in [0.1, 0.15) is 5.89 Å². The van der Waals surface area contributed by atoms with Crippen LogP contribution >= 0.6 is 11.6 Å². The van der Waals surface area contributed by atoms with Gasteiger partial charge in [0.05, 0.1) is 0 Å². The summed E-state index contributed by atoms with van der Waals surface area (Å²) in [5.41, 5.74) is 2.10. The van der Waals surface area contributed by atoms with Crippen molar-refractivity contribution in [3.63, 3.8) is 0 Å². The fraction of sp³-hybridized carbons (Fsp3) is 0.250. The van der Waals surface area contributed by atoms with Gasteiger partial charge in [0.2, 0.25) is 5.82 Å². The van der Waals surface area contributed by atoms with Gasteiger partial charge in [-0.2, -0.15) is 4.98 Å². The van der Waals surface area contributed by atoms with Crippen molar-refractivity contribution in [1.29, 1.82) is 0 Å². The minimum absolute atomic E-state index is 0.211. The number of aromatic nitrogens is 2. The average Bonchev–Trinajstić information content (AvgIpc) is 3.27. The van der Waals surface area contributed by atoms with Gasteiger partial charge in [0, 0.05) is 47.8 Å². The molecule has 158 valence electrons. The number of rotatable bonds is 5. The van der Waals surface area contributed by atoms with E-state index >= 15 is 0 Å². The van der Waals surface area contributed by atoms with Crippen LogP contribution in [0.25, 0.3) is 22.2 Å². The highest BCUT2D eigenvalue weighted by Crippen LogP contribution is 2.31. The summed E-state index contributed by atoms with van der Waals surface area (Å²) in [6, 6.07) is 19.9. The zero-order chi connectivity index (χ0) is 21.2. The molecule has 7 heteroatoms. The Labute approximate surface area is 186 Å². The summed E-state index contributed by atoms with van der Waals surface area (Å²) in [7, 11) is 2.17. The third-order valence-corrected chi connectivity index (χ3v) is 5.86. The zero-order valence-electron chi connectivity index (χ0n) is 17.3. The number of hydrogen-bond donors (Lipinski definition) is 0.